The van der Waals surface area contributed by atoms with E-state index in [1.165, 1.54) is 5.56 Å². The van der Waals surface area contributed by atoms with E-state index in [0.717, 1.165) is 49.9 Å². The fraction of sp³-hybridized carbons (Fsp3) is 0.440. The molecule has 0 aromatic heterocycles. The summed E-state index contributed by atoms with van der Waals surface area (Å²) in [5, 5.41) is 2.93. The maximum Gasteiger partial charge on any atom is 0.250 e. The lowest BCUT2D eigenvalue weighted by atomic mass is 9.95. The van der Waals surface area contributed by atoms with Crippen LogP contribution in [0.4, 0.5) is 11.4 Å². The minimum absolute atomic E-state index is 0.0495. The molecule has 1 atom stereocenters. The number of rotatable bonds is 4. The summed E-state index contributed by atoms with van der Waals surface area (Å²) in [6.45, 7) is 9.97. The molecule has 1 saturated heterocycles. The van der Waals surface area contributed by atoms with Gasteiger partial charge in [0.1, 0.15) is 5.54 Å². The average molecular weight is 451 g/mol. The Bertz CT molecular complexity index is 1080. The van der Waals surface area contributed by atoms with E-state index in [9.17, 15) is 9.59 Å². The van der Waals surface area contributed by atoms with Gasteiger partial charge >= 0.3 is 0 Å². The van der Waals surface area contributed by atoms with Gasteiger partial charge in [0.15, 0.2) is 11.5 Å². The van der Waals surface area contributed by atoms with Crippen LogP contribution in [0.1, 0.15) is 26.3 Å². The first-order valence-corrected chi connectivity index (χ1v) is 11.4. The Kier molecular flexibility index (Phi) is 5.50. The number of anilines is 2. The molecule has 0 unspecified atom stereocenters. The molecule has 3 heterocycles. The molecular formula is C25H30N4O4. The van der Waals surface area contributed by atoms with E-state index in [-0.39, 0.29) is 24.6 Å². The van der Waals surface area contributed by atoms with Gasteiger partial charge in [0, 0.05) is 32.7 Å². The van der Waals surface area contributed by atoms with Crippen molar-refractivity contribution in [1.29, 1.82) is 0 Å². The van der Waals surface area contributed by atoms with E-state index in [0.29, 0.717) is 5.69 Å². The van der Waals surface area contributed by atoms with Crippen molar-refractivity contribution in [3.63, 3.8) is 0 Å². The molecule has 0 spiro atoms. The van der Waals surface area contributed by atoms with Crippen molar-refractivity contribution in [3.05, 3.63) is 48.0 Å². The Morgan fingerprint density at radius 2 is 1.79 bits per heavy atom. The van der Waals surface area contributed by atoms with Crippen molar-refractivity contribution >= 4 is 23.2 Å². The molecular weight excluding hydrogens is 420 g/mol. The maximum absolute atomic E-state index is 13.7. The summed E-state index contributed by atoms with van der Waals surface area (Å²) >= 11 is 0. The van der Waals surface area contributed by atoms with Crippen molar-refractivity contribution in [2.45, 2.75) is 38.9 Å². The van der Waals surface area contributed by atoms with Crippen LogP contribution in [0.2, 0.25) is 0 Å². The topological polar surface area (TPSA) is 74.4 Å². The van der Waals surface area contributed by atoms with Crippen molar-refractivity contribution in [2.24, 2.45) is 0 Å². The third-order valence-corrected chi connectivity index (χ3v) is 6.88. The zero-order valence-corrected chi connectivity index (χ0v) is 19.3. The third kappa shape index (κ3) is 3.94. The molecule has 33 heavy (non-hydrogen) atoms. The number of nitrogens with zero attached hydrogens (tertiary/aromatic N) is 3. The summed E-state index contributed by atoms with van der Waals surface area (Å²) in [6.07, 6.45) is 0. The summed E-state index contributed by atoms with van der Waals surface area (Å²) in [5.41, 5.74) is 1.66. The zero-order valence-electron chi connectivity index (χ0n) is 19.3. The highest BCUT2D eigenvalue weighted by Gasteiger charge is 2.45. The van der Waals surface area contributed by atoms with Crippen LogP contribution in [0.25, 0.3) is 0 Å². The quantitative estimate of drug-likeness (QED) is 0.772. The van der Waals surface area contributed by atoms with Crippen LogP contribution in [-0.4, -0.2) is 66.2 Å². The lowest BCUT2D eigenvalue weighted by Crippen LogP contribution is -2.63. The Balaban J connectivity index is 1.25. The largest absolute Gasteiger partial charge is 0.454 e. The predicted molar refractivity (Wildman–Crippen MR) is 126 cm³/mol. The number of piperazine rings is 1. The molecule has 1 fully saturated rings. The molecule has 8 heteroatoms. The smallest absolute Gasteiger partial charge is 0.250 e. The van der Waals surface area contributed by atoms with Gasteiger partial charge in [0.05, 0.1) is 17.4 Å². The number of fused-ring (bicyclic) bond motifs is 2. The number of benzene rings is 2. The first kappa shape index (κ1) is 21.7. The summed E-state index contributed by atoms with van der Waals surface area (Å²) in [4.78, 5) is 32.7. The lowest BCUT2D eigenvalue weighted by molar-refractivity contribution is -0.129. The van der Waals surface area contributed by atoms with E-state index in [4.69, 9.17) is 9.47 Å². The number of ether oxygens (including phenoxy) is 2. The van der Waals surface area contributed by atoms with E-state index >= 15 is 0 Å². The van der Waals surface area contributed by atoms with Gasteiger partial charge < -0.3 is 14.8 Å². The van der Waals surface area contributed by atoms with Gasteiger partial charge in [0.2, 0.25) is 18.6 Å². The van der Waals surface area contributed by atoms with Gasteiger partial charge in [-0.2, -0.15) is 0 Å². The molecule has 5 rings (SSSR count). The molecule has 2 aromatic carbocycles. The number of carbonyl (C=O) groups is 2. The molecule has 0 saturated carbocycles. The van der Waals surface area contributed by atoms with Crippen molar-refractivity contribution in [2.75, 3.05) is 43.2 Å². The van der Waals surface area contributed by atoms with E-state index in [2.05, 4.69) is 21.2 Å². The molecule has 3 aliphatic heterocycles. The van der Waals surface area contributed by atoms with Crippen LogP contribution in [0.5, 0.6) is 11.5 Å². The lowest BCUT2D eigenvalue weighted by Gasteiger charge is -2.45. The number of amides is 2. The van der Waals surface area contributed by atoms with Gasteiger partial charge in [-0.15, -0.1) is 0 Å². The summed E-state index contributed by atoms with van der Waals surface area (Å²) in [7, 11) is 0. The highest BCUT2D eigenvalue weighted by Crippen LogP contribution is 2.37. The number of nitrogens with one attached hydrogen (secondary N) is 1. The molecule has 2 aromatic rings. The second-order valence-electron chi connectivity index (χ2n) is 9.38. The summed E-state index contributed by atoms with van der Waals surface area (Å²) in [6, 6.07) is 13.2. The first-order chi connectivity index (χ1) is 15.8. The average Bonchev–Trinajstić information content (AvgIpc) is 3.27. The number of hydrogen-bond acceptors (Lipinski definition) is 6. The molecule has 3 aliphatic rings. The standard InChI is InChI=1S/C25H30N4O4/c1-17(23(30)29-20-7-5-4-6-19(20)26-24(31)25(29,2)3)28-12-10-27(11-13-28)15-18-8-9-21-22(14-18)33-16-32-21/h4-9,14,17H,10-13,15-16H2,1-3H3,(H,26,31)/t17-/m0/s1. The molecule has 0 radical (unpaired) electrons. The molecule has 0 bridgehead atoms. The predicted octanol–water partition coefficient (Wildman–Crippen LogP) is 2.69. The molecule has 174 valence electrons. The van der Waals surface area contributed by atoms with Crippen LogP contribution in [-0.2, 0) is 16.1 Å². The normalized spacial score (nSPS) is 20.8. The van der Waals surface area contributed by atoms with Gasteiger partial charge in [-0.25, -0.2) is 0 Å². The Morgan fingerprint density at radius 1 is 1.06 bits per heavy atom. The van der Waals surface area contributed by atoms with Gasteiger partial charge in [-0.3, -0.25) is 24.3 Å². The minimum atomic E-state index is -0.957. The second kappa shape index (κ2) is 8.35. The molecule has 0 aliphatic carbocycles. The van der Waals surface area contributed by atoms with Crippen LogP contribution in [0, 0.1) is 0 Å². The van der Waals surface area contributed by atoms with E-state index < -0.39 is 5.54 Å². The zero-order chi connectivity index (χ0) is 23.2. The molecule has 2 amide bonds. The second-order valence-corrected chi connectivity index (χ2v) is 9.38. The Labute approximate surface area is 194 Å². The van der Waals surface area contributed by atoms with E-state index in [1.54, 1.807) is 18.7 Å². The number of carbonyl (C=O) groups excluding carboxylic acids is 2. The minimum Gasteiger partial charge on any atom is -0.454 e. The first-order valence-electron chi connectivity index (χ1n) is 11.4. The van der Waals surface area contributed by atoms with E-state index in [1.807, 2.05) is 43.3 Å². The maximum atomic E-state index is 13.7. The third-order valence-electron chi connectivity index (χ3n) is 6.88. The number of hydrogen-bond donors (Lipinski definition) is 1. The summed E-state index contributed by atoms with van der Waals surface area (Å²) in [5.74, 6) is 1.38. The van der Waals surface area contributed by atoms with Crippen LogP contribution in [0.15, 0.2) is 42.5 Å². The highest BCUT2D eigenvalue weighted by atomic mass is 16.7. The Hall–Kier alpha value is -3.10. The van der Waals surface area contributed by atoms with Crippen LogP contribution >= 0.6 is 0 Å². The van der Waals surface area contributed by atoms with Gasteiger partial charge in [0.25, 0.3) is 0 Å². The molecule has 1 N–H and O–H groups in total. The van der Waals surface area contributed by atoms with Crippen molar-refractivity contribution in [1.82, 2.24) is 9.80 Å². The van der Waals surface area contributed by atoms with Gasteiger partial charge in [-0.1, -0.05) is 18.2 Å². The van der Waals surface area contributed by atoms with Gasteiger partial charge in [-0.05, 0) is 50.6 Å². The molecule has 8 nitrogen and oxygen atoms in total. The highest BCUT2D eigenvalue weighted by molar-refractivity contribution is 6.15. The fourth-order valence-corrected chi connectivity index (χ4v) is 4.80. The Morgan fingerprint density at radius 3 is 2.58 bits per heavy atom. The summed E-state index contributed by atoms with van der Waals surface area (Å²) < 4.78 is 10.9. The van der Waals surface area contributed by atoms with Crippen molar-refractivity contribution < 1.29 is 19.1 Å². The van der Waals surface area contributed by atoms with Crippen LogP contribution < -0.4 is 19.7 Å². The fourth-order valence-electron chi connectivity index (χ4n) is 4.80. The van der Waals surface area contributed by atoms with Crippen molar-refractivity contribution in [3.8, 4) is 11.5 Å². The SMILES string of the molecule is C[C@@H](C(=O)N1c2ccccc2NC(=O)C1(C)C)N1CCN(Cc2ccc3c(c2)OCO3)CC1. The van der Waals surface area contributed by atoms with Crippen LogP contribution in [0.3, 0.4) is 0 Å². The number of para-hydroxylation sites is 2. The monoisotopic (exact) mass is 450 g/mol.